The summed E-state index contributed by atoms with van der Waals surface area (Å²) in [5.74, 6) is -1.89. The Balaban J connectivity index is 0.00000225. The molecular formula is C11H10FO3Y-. The first-order valence-corrected chi connectivity index (χ1v) is 4.49. The summed E-state index contributed by atoms with van der Waals surface area (Å²) in [5, 5.41) is 0. The molecule has 1 aromatic carbocycles. The molecule has 5 heteroatoms. The third kappa shape index (κ3) is 4.50. The number of esters is 1. The van der Waals surface area contributed by atoms with Gasteiger partial charge in [-0.05, 0) is 6.92 Å². The molecule has 0 atom stereocenters. The van der Waals surface area contributed by atoms with Crippen LogP contribution in [-0.4, -0.2) is 18.4 Å². The van der Waals surface area contributed by atoms with Crippen LogP contribution in [0, 0.1) is 11.9 Å². The Bertz CT molecular complexity index is 379. The number of hydrogen-bond acceptors (Lipinski definition) is 3. The number of halogens is 1. The maximum Gasteiger partial charge on any atom is 0.312 e. The summed E-state index contributed by atoms with van der Waals surface area (Å²) < 4.78 is 17.7. The molecule has 16 heavy (non-hydrogen) atoms. The van der Waals surface area contributed by atoms with Gasteiger partial charge in [-0.15, -0.1) is 6.07 Å². The minimum atomic E-state index is -0.650. The number of ether oxygens (including phenoxy) is 1. The molecule has 83 valence electrons. The number of hydrogen-bond donors (Lipinski definition) is 0. The number of Topliss-reactive ketones (excluding diaryl/α,β-unsaturated/α-hetero) is 1. The predicted molar refractivity (Wildman–Crippen MR) is 50.8 cm³/mol. The Morgan fingerprint density at radius 3 is 2.75 bits per heavy atom. The van der Waals surface area contributed by atoms with Gasteiger partial charge in [-0.2, -0.15) is 18.2 Å². The van der Waals surface area contributed by atoms with Crippen molar-refractivity contribution in [3.05, 3.63) is 35.6 Å². The van der Waals surface area contributed by atoms with Crippen molar-refractivity contribution in [3.8, 4) is 0 Å². The fraction of sp³-hybridized carbons (Fsp3) is 0.273. The first kappa shape index (κ1) is 15.4. The number of rotatable bonds is 4. The first-order chi connectivity index (χ1) is 7.15. The van der Waals surface area contributed by atoms with E-state index in [1.165, 1.54) is 12.1 Å². The van der Waals surface area contributed by atoms with Gasteiger partial charge in [0.1, 0.15) is 5.78 Å². The van der Waals surface area contributed by atoms with E-state index in [1.807, 2.05) is 0 Å². The van der Waals surface area contributed by atoms with E-state index in [1.54, 1.807) is 6.92 Å². The van der Waals surface area contributed by atoms with Crippen molar-refractivity contribution in [2.45, 2.75) is 13.3 Å². The topological polar surface area (TPSA) is 43.4 Å². The Morgan fingerprint density at radius 2 is 2.19 bits per heavy atom. The summed E-state index contributed by atoms with van der Waals surface area (Å²) in [7, 11) is 0. The summed E-state index contributed by atoms with van der Waals surface area (Å²) in [6.45, 7) is 1.84. The second-order valence-electron chi connectivity index (χ2n) is 2.81. The van der Waals surface area contributed by atoms with Gasteiger partial charge in [0.15, 0.2) is 0 Å². The summed E-state index contributed by atoms with van der Waals surface area (Å²) >= 11 is 0. The quantitative estimate of drug-likeness (QED) is 0.368. The number of carbonyl (C=O) groups is 2. The van der Waals surface area contributed by atoms with Crippen LogP contribution in [0.1, 0.15) is 23.7 Å². The van der Waals surface area contributed by atoms with Crippen molar-refractivity contribution in [2.75, 3.05) is 6.61 Å². The van der Waals surface area contributed by atoms with Gasteiger partial charge in [0.2, 0.25) is 0 Å². The second-order valence-corrected chi connectivity index (χ2v) is 2.81. The molecule has 0 heterocycles. The maximum atomic E-state index is 13.1. The Labute approximate surface area is 118 Å². The van der Waals surface area contributed by atoms with Gasteiger partial charge in [-0.3, -0.25) is 4.79 Å². The van der Waals surface area contributed by atoms with Gasteiger partial charge >= 0.3 is 5.97 Å². The third-order valence-corrected chi connectivity index (χ3v) is 1.72. The molecule has 0 saturated carbocycles. The molecule has 0 amide bonds. The molecule has 3 nitrogen and oxygen atoms in total. The summed E-state index contributed by atoms with van der Waals surface area (Å²) in [6, 6.07) is 6.28. The van der Waals surface area contributed by atoms with Gasteiger partial charge in [-0.1, -0.05) is 5.56 Å². The molecule has 0 spiro atoms. The van der Waals surface area contributed by atoms with Gasteiger partial charge in [0, 0.05) is 38.5 Å². The molecule has 1 aromatic rings. The van der Waals surface area contributed by atoms with Gasteiger partial charge in [-0.25, -0.2) is 4.39 Å². The molecule has 0 aliphatic rings. The van der Waals surface area contributed by atoms with E-state index in [-0.39, 0.29) is 44.9 Å². The fourth-order valence-electron chi connectivity index (χ4n) is 1.06. The number of benzene rings is 1. The molecule has 1 rings (SSSR count). The van der Waals surface area contributed by atoms with Gasteiger partial charge in [0.25, 0.3) is 0 Å². The molecule has 0 saturated heterocycles. The Hall–Kier alpha value is -0.606. The fourth-order valence-corrected chi connectivity index (χ4v) is 1.06. The normalized spacial score (nSPS) is 9.12. The van der Waals surface area contributed by atoms with Crippen molar-refractivity contribution >= 4 is 11.8 Å². The maximum absolute atomic E-state index is 13.1. The Morgan fingerprint density at radius 1 is 1.50 bits per heavy atom. The van der Waals surface area contributed by atoms with Crippen LogP contribution in [-0.2, 0) is 42.2 Å². The summed E-state index contributed by atoms with van der Waals surface area (Å²) in [5.41, 5.74) is -0.134. The van der Waals surface area contributed by atoms with Crippen LogP contribution in [0.15, 0.2) is 18.2 Å². The van der Waals surface area contributed by atoms with Gasteiger partial charge < -0.3 is 9.53 Å². The standard InChI is InChI=1S/C11H10FO3.Y/c1-2-15-11(14)7-10(13)8-5-3-4-6-9(8)12;/h4-6H,2,7H2,1H3;/q-1;. The first-order valence-electron chi connectivity index (χ1n) is 4.49. The van der Waals surface area contributed by atoms with Crippen molar-refractivity contribution in [1.29, 1.82) is 0 Å². The molecule has 0 fully saturated rings. The molecule has 0 unspecified atom stereocenters. The zero-order valence-electron chi connectivity index (χ0n) is 8.83. The van der Waals surface area contributed by atoms with Crippen LogP contribution >= 0.6 is 0 Å². The molecule has 1 radical (unpaired) electrons. The smallest absolute Gasteiger partial charge is 0.312 e. The van der Waals surface area contributed by atoms with Crippen molar-refractivity contribution in [2.24, 2.45) is 0 Å². The molecular weight excluding hydrogens is 288 g/mol. The average Bonchev–Trinajstić information content (AvgIpc) is 2.18. The average molecular weight is 298 g/mol. The van der Waals surface area contributed by atoms with E-state index < -0.39 is 24.0 Å². The zero-order valence-corrected chi connectivity index (χ0v) is 11.7. The minimum Gasteiger partial charge on any atom is -0.466 e. The van der Waals surface area contributed by atoms with Crippen LogP contribution < -0.4 is 0 Å². The minimum absolute atomic E-state index is 0. The van der Waals surface area contributed by atoms with Crippen LogP contribution in [0.3, 0.4) is 0 Å². The largest absolute Gasteiger partial charge is 0.466 e. The monoisotopic (exact) mass is 298 g/mol. The second kappa shape index (κ2) is 7.63. The van der Waals surface area contributed by atoms with Crippen LogP contribution in [0.4, 0.5) is 4.39 Å². The van der Waals surface area contributed by atoms with Gasteiger partial charge in [0.05, 0.1) is 13.0 Å². The van der Waals surface area contributed by atoms with Crippen LogP contribution in [0.25, 0.3) is 0 Å². The number of carbonyl (C=O) groups excluding carboxylic acids is 2. The van der Waals surface area contributed by atoms with E-state index in [4.69, 9.17) is 0 Å². The van der Waals surface area contributed by atoms with Crippen LogP contribution in [0.5, 0.6) is 0 Å². The van der Waals surface area contributed by atoms with E-state index in [9.17, 15) is 14.0 Å². The Kier molecular flexibility index (Phi) is 7.34. The van der Waals surface area contributed by atoms with Crippen molar-refractivity contribution in [3.63, 3.8) is 0 Å². The van der Waals surface area contributed by atoms with E-state index >= 15 is 0 Å². The predicted octanol–water partition coefficient (Wildman–Crippen LogP) is 1.76. The molecule has 0 aliphatic heterocycles. The molecule has 0 bridgehead atoms. The van der Waals surface area contributed by atoms with E-state index in [0.717, 1.165) is 6.07 Å². The zero-order chi connectivity index (χ0) is 11.3. The van der Waals surface area contributed by atoms with E-state index in [0.29, 0.717) is 0 Å². The summed E-state index contributed by atoms with van der Waals surface area (Å²) in [4.78, 5) is 22.4. The molecule has 0 aromatic heterocycles. The van der Waals surface area contributed by atoms with Crippen LogP contribution in [0.2, 0.25) is 0 Å². The number of ketones is 1. The SMILES string of the molecule is CCOC(=O)CC(=O)c1c[c-]ccc1F.[Y]. The molecule has 0 aliphatic carbocycles. The summed E-state index contributed by atoms with van der Waals surface area (Å²) in [6.07, 6.45) is -0.442. The van der Waals surface area contributed by atoms with Crippen molar-refractivity contribution < 1.29 is 51.4 Å². The van der Waals surface area contributed by atoms with Crippen molar-refractivity contribution in [1.82, 2.24) is 0 Å². The third-order valence-electron chi connectivity index (χ3n) is 1.72. The van der Waals surface area contributed by atoms with E-state index in [2.05, 4.69) is 10.8 Å². The molecule has 0 N–H and O–H groups in total.